The second-order valence-electron chi connectivity index (χ2n) is 10.2. The smallest absolute Gasteiger partial charge is 0.135 e. The van der Waals surface area contributed by atoms with Crippen molar-refractivity contribution in [1.29, 1.82) is 0 Å². The number of ketones is 1. The van der Waals surface area contributed by atoms with Crippen molar-refractivity contribution in [3.05, 3.63) is 17.8 Å². The normalized spacial score (nSPS) is 28.4. The molecule has 1 atom stereocenters. The van der Waals surface area contributed by atoms with Crippen LogP contribution in [0, 0.1) is 11.8 Å². The molecule has 1 saturated carbocycles. The van der Waals surface area contributed by atoms with Crippen molar-refractivity contribution in [2.45, 2.75) is 57.5 Å². The van der Waals surface area contributed by atoms with Gasteiger partial charge in [-0.25, -0.2) is 4.98 Å². The molecule has 7 nitrogen and oxygen atoms in total. The summed E-state index contributed by atoms with van der Waals surface area (Å²) < 4.78 is 16.8. The van der Waals surface area contributed by atoms with E-state index in [1.54, 1.807) is 0 Å². The molecule has 0 radical (unpaired) electrons. The fraction of sp³-hybridized carbons (Fsp3) is 0.769. The second-order valence-corrected chi connectivity index (χ2v) is 10.2. The van der Waals surface area contributed by atoms with Gasteiger partial charge in [-0.05, 0) is 43.7 Å². The summed E-state index contributed by atoms with van der Waals surface area (Å²) in [4.78, 5) is 22.2. The first-order chi connectivity index (χ1) is 16.2. The number of rotatable bonds is 8. The predicted octanol–water partition coefficient (Wildman–Crippen LogP) is 3.10. The van der Waals surface area contributed by atoms with Gasteiger partial charge in [0, 0.05) is 57.2 Å². The molecule has 2 saturated heterocycles. The van der Waals surface area contributed by atoms with Crippen molar-refractivity contribution in [1.82, 2.24) is 9.88 Å². The lowest BCUT2D eigenvalue weighted by Gasteiger charge is -2.37. The van der Waals surface area contributed by atoms with Gasteiger partial charge in [0.2, 0.25) is 0 Å². The van der Waals surface area contributed by atoms with Crippen molar-refractivity contribution >= 4 is 11.6 Å². The topological polar surface area (TPSA) is 64.1 Å². The highest BCUT2D eigenvalue weighted by molar-refractivity contribution is 5.79. The molecule has 4 heterocycles. The molecule has 1 aromatic heterocycles. The SMILES string of the molecule is O=C(CC1CCC(CCN2CCN(c3nccc4c3CCO4)CC2)CC1)CC1COCCO1. The number of nitrogens with zero attached hydrogens (tertiary/aromatic N) is 3. The van der Waals surface area contributed by atoms with Gasteiger partial charge in [0.25, 0.3) is 0 Å². The summed E-state index contributed by atoms with van der Waals surface area (Å²) in [6.45, 7) is 8.17. The van der Waals surface area contributed by atoms with Crippen molar-refractivity contribution in [3.63, 3.8) is 0 Å². The molecule has 182 valence electrons. The van der Waals surface area contributed by atoms with Crippen molar-refractivity contribution in [2.75, 3.05) is 64.1 Å². The zero-order chi connectivity index (χ0) is 22.5. The molecule has 1 unspecified atom stereocenters. The van der Waals surface area contributed by atoms with E-state index in [2.05, 4.69) is 14.8 Å². The van der Waals surface area contributed by atoms with Crippen LogP contribution >= 0.6 is 0 Å². The van der Waals surface area contributed by atoms with Crippen molar-refractivity contribution in [2.24, 2.45) is 11.8 Å². The highest BCUT2D eigenvalue weighted by Gasteiger charge is 2.27. The minimum absolute atomic E-state index is 0.0185. The zero-order valence-electron chi connectivity index (χ0n) is 19.9. The molecule has 0 amide bonds. The van der Waals surface area contributed by atoms with Gasteiger partial charge >= 0.3 is 0 Å². The number of fused-ring (bicyclic) bond motifs is 1. The lowest BCUT2D eigenvalue weighted by atomic mass is 9.78. The molecule has 7 heteroatoms. The largest absolute Gasteiger partial charge is 0.493 e. The van der Waals surface area contributed by atoms with Gasteiger partial charge < -0.3 is 19.1 Å². The number of carbonyl (C=O) groups is 1. The highest BCUT2D eigenvalue weighted by atomic mass is 16.6. The Kier molecular flexibility index (Phi) is 7.79. The van der Waals surface area contributed by atoms with E-state index >= 15 is 0 Å². The molecular weight excluding hydrogens is 418 g/mol. The molecule has 3 fully saturated rings. The Morgan fingerprint density at radius 1 is 1.00 bits per heavy atom. The van der Waals surface area contributed by atoms with E-state index in [1.807, 2.05) is 12.3 Å². The number of pyridine rings is 1. The first-order valence-electron chi connectivity index (χ1n) is 13.0. The fourth-order valence-electron chi connectivity index (χ4n) is 5.96. The summed E-state index contributed by atoms with van der Waals surface area (Å²) in [5.41, 5.74) is 1.29. The number of Topliss-reactive ketones (excluding diaryl/α,β-unsaturated/α-hetero) is 1. The minimum atomic E-state index is -0.0185. The Balaban J connectivity index is 0.980. The van der Waals surface area contributed by atoms with Crippen LogP contribution in [0.1, 0.15) is 50.5 Å². The molecule has 1 aromatic rings. The Morgan fingerprint density at radius 3 is 2.61 bits per heavy atom. The molecule has 0 bridgehead atoms. The molecule has 4 aliphatic rings. The van der Waals surface area contributed by atoms with Gasteiger partial charge in [0.15, 0.2) is 0 Å². The average Bonchev–Trinajstić information content (AvgIpc) is 3.34. The first kappa shape index (κ1) is 23.1. The van der Waals surface area contributed by atoms with E-state index < -0.39 is 0 Å². The standard InChI is InChI=1S/C26H39N3O4/c30-22(18-23-19-31-15-16-32-23)17-21-3-1-20(2-4-21)6-9-28-10-12-29(13-11-28)26-24-7-14-33-25(24)5-8-27-26/h5,8,20-21,23H,1-4,6-7,9-19H2. The predicted molar refractivity (Wildman–Crippen MR) is 127 cm³/mol. The first-order valence-corrected chi connectivity index (χ1v) is 13.0. The summed E-state index contributed by atoms with van der Waals surface area (Å²) >= 11 is 0. The van der Waals surface area contributed by atoms with E-state index in [4.69, 9.17) is 14.2 Å². The average molecular weight is 458 g/mol. The van der Waals surface area contributed by atoms with Gasteiger partial charge in [0.1, 0.15) is 17.4 Å². The third kappa shape index (κ3) is 6.06. The lowest BCUT2D eigenvalue weighted by molar-refractivity contribution is -0.130. The minimum Gasteiger partial charge on any atom is -0.493 e. The number of aromatic nitrogens is 1. The monoisotopic (exact) mass is 457 g/mol. The number of carbonyl (C=O) groups excluding carboxylic acids is 1. The molecule has 5 rings (SSSR count). The van der Waals surface area contributed by atoms with E-state index in [9.17, 15) is 4.79 Å². The van der Waals surface area contributed by atoms with E-state index in [0.717, 1.165) is 63.1 Å². The maximum Gasteiger partial charge on any atom is 0.135 e. The molecule has 3 aliphatic heterocycles. The zero-order valence-corrected chi connectivity index (χ0v) is 19.9. The van der Waals surface area contributed by atoms with Gasteiger partial charge in [-0.1, -0.05) is 12.8 Å². The van der Waals surface area contributed by atoms with Crippen LogP contribution in [0.25, 0.3) is 0 Å². The van der Waals surface area contributed by atoms with E-state index in [0.29, 0.717) is 37.9 Å². The maximum atomic E-state index is 12.4. The number of anilines is 1. The lowest BCUT2D eigenvalue weighted by Crippen LogP contribution is -2.47. The number of hydrogen-bond acceptors (Lipinski definition) is 7. The van der Waals surface area contributed by atoms with Gasteiger partial charge in [-0.15, -0.1) is 0 Å². The van der Waals surface area contributed by atoms with Crippen LogP contribution in [0.2, 0.25) is 0 Å². The van der Waals surface area contributed by atoms with Crippen LogP contribution in [0.15, 0.2) is 12.3 Å². The Hall–Kier alpha value is -1.70. The molecule has 0 N–H and O–H groups in total. The van der Waals surface area contributed by atoms with Crippen molar-refractivity contribution in [3.8, 4) is 5.75 Å². The molecule has 33 heavy (non-hydrogen) atoms. The van der Waals surface area contributed by atoms with E-state index in [-0.39, 0.29) is 6.10 Å². The van der Waals surface area contributed by atoms with Crippen LogP contribution in [0.5, 0.6) is 5.75 Å². The third-order valence-corrected chi connectivity index (χ3v) is 7.95. The Morgan fingerprint density at radius 2 is 1.82 bits per heavy atom. The van der Waals surface area contributed by atoms with Crippen LogP contribution in [-0.2, 0) is 20.7 Å². The van der Waals surface area contributed by atoms with Crippen LogP contribution < -0.4 is 9.64 Å². The maximum absolute atomic E-state index is 12.4. The van der Waals surface area contributed by atoms with Crippen molar-refractivity contribution < 1.29 is 19.0 Å². The highest BCUT2D eigenvalue weighted by Crippen LogP contribution is 2.34. The molecule has 0 spiro atoms. The fourth-order valence-corrected chi connectivity index (χ4v) is 5.96. The summed E-state index contributed by atoms with van der Waals surface area (Å²) in [6.07, 6.45) is 10.4. The van der Waals surface area contributed by atoms with Gasteiger partial charge in [0.05, 0.1) is 32.5 Å². The third-order valence-electron chi connectivity index (χ3n) is 7.95. The van der Waals surface area contributed by atoms with Crippen LogP contribution in [0.4, 0.5) is 5.82 Å². The quantitative estimate of drug-likeness (QED) is 0.594. The van der Waals surface area contributed by atoms with Gasteiger partial charge in [-0.2, -0.15) is 0 Å². The van der Waals surface area contributed by atoms with Crippen LogP contribution in [-0.4, -0.2) is 80.9 Å². The summed E-state index contributed by atoms with van der Waals surface area (Å²) in [7, 11) is 0. The molecule has 1 aliphatic carbocycles. The summed E-state index contributed by atoms with van der Waals surface area (Å²) in [6, 6.07) is 1.99. The number of ether oxygens (including phenoxy) is 3. The van der Waals surface area contributed by atoms with Crippen LogP contribution in [0.3, 0.4) is 0 Å². The molecular formula is C26H39N3O4. The second kappa shape index (κ2) is 11.2. The summed E-state index contributed by atoms with van der Waals surface area (Å²) in [5, 5.41) is 0. The number of hydrogen-bond donors (Lipinski definition) is 0. The Labute approximate surface area is 197 Å². The summed E-state index contributed by atoms with van der Waals surface area (Å²) in [5.74, 6) is 3.92. The molecule has 0 aromatic carbocycles. The number of piperazine rings is 1. The van der Waals surface area contributed by atoms with Gasteiger partial charge in [-0.3, -0.25) is 9.69 Å². The Bertz CT molecular complexity index is 782. The van der Waals surface area contributed by atoms with E-state index in [1.165, 1.54) is 44.2 Å².